The van der Waals surface area contributed by atoms with Crippen LogP contribution in [0.3, 0.4) is 0 Å². The number of carbonyl (C=O) groups is 1. The number of piperidine rings is 1. The maximum absolute atomic E-state index is 12.5. The predicted octanol–water partition coefficient (Wildman–Crippen LogP) is 2.55. The first kappa shape index (κ1) is 20.8. The van der Waals surface area contributed by atoms with Gasteiger partial charge in [0.15, 0.2) is 17.1 Å². The number of rotatable bonds is 3. The standard InChI is InChI=1S/C19H27NO5.ClH/c1-18(17(21)24-5)12-13-10-15(22-3)16(23-4)11-14(13)19(25-18)6-8-20(2)9-7-19;/h10-11H,6-9,12H2,1-5H3;1H/t18-;/m0./s1. The highest BCUT2D eigenvalue weighted by Crippen LogP contribution is 2.49. The first-order valence-electron chi connectivity index (χ1n) is 8.60. The van der Waals surface area contributed by atoms with Crippen LogP contribution in [0.15, 0.2) is 12.1 Å². The molecule has 2 aliphatic rings. The molecule has 1 fully saturated rings. The Labute approximate surface area is 161 Å². The molecule has 2 heterocycles. The van der Waals surface area contributed by atoms with E-state index in [-0.39, 0.29) is 18.4 Å². The van der Waals surface area contributed by atoms with Crippen LogP contribution in [0.25, 0.3) is 0 Å². The van der Waals surface area contributed by atoms with Gasteiger partial charge < -0.3 is 23.8 Å². The van der Waals surface area contributed by atoms with Crippen molar-refractivity contribution in [3.05, 3.63) is 23.3 Å². The van der Waals surface area contributed by atoms with Crippen LogP contribution in [0, 0.1) is 0 Å². The molecule has 0 unspecified atom stereocenters. The molecule has 0 aliphatic carbocycles. The molecule has 1 aromatic carbocycles. The summed E-state index contributed by atoms with van der Waals surface area (Å²) in [4.78, 5) is 14.7. The van der Waals surface area contributed by atoms with E-state index in [0.29, 0.717) is 17.9 Å². The average molecular weight is 386 g/mol. The first-order chi connectivity index (χ1) is 11.9. The summed E-state index contributed by atoms with van der Waals surface area (Å²) in [6.07, 6.45) is 2.09. The van der Waals surface area contributed by atoms with Crippen molar-refractivity contribution in [3.63, 3.8) is 0 Å². The van der Waals surface area contributed by atoms with Gasteiger partial charge in [-0.25, -0.2) is 4.79 Å². The van der Waals surface area contributed by atoms with Crippen LogP contribution < -0.4 is 9.47 Å². The number of benzene rings is 1. The van der Waals surface area contributed by atoms with Crippen molar-refractivity contribution in [2.24, 2.45) is 0 Å². The Balaban J connectivity index is 0.00000243. The highest BCUT2D eigenvalue weighted by Gasteiger charge is 2.52. The molecule has 1 atom stereocenters. The number of nitrogens with zero attached hydrogens (tertiary/aromatic N) is 1. The predicted molar refractivity (Wildman–Crippen MR) is 100 cm³/mol. The molecule has 1 spiro atoms. The third-order valence-corrected chi connectivity index (χ3v) is 5.46. The number of esters is 1. The van der Waals surface area contributed by atoms with Gasteiger partial charge in [0.05, 0.1) is 26.9 Å². The van der Waals surface area contributed by atoms with E-state index in [1.807, 2.05) is 19.1 Å². The van der Waals surface area contributed by atoms with Crippen molar-refractivity contribution in [1.82, 2.24) is 4.90 Å². The molecule has 146 valence electrons. The zero-order valence-corrected chi connectivity index (χ0v) is 16.9. The highest BCUT2D eigenvalue weighted by molar-refractivity contribution is 5.85. The van der Waals surface area contributed by atoms with Crippen LogP contribution in [0.1, 0.15) is 30.9 Å². The minimum absolute atomic E-state index is 0. The van der Waals surface area contributed by atoms with Crippen molar-refractivity contribution in [2.75, 3.05) is 41.5 Å². The van der Waals surface area contributed by atoms with Gasteiger partial charge in [0.1, 0.15) is 0 Å². The summed E-state index contributed by atoms with van der Waals surface area (Å²) < 4.78 is 22.5. The van der Waals surface area contributed by atoms with Gasteiger partial charge >= 0.3 is 5.97 Å². The van der Waals surface area contributed by atoms with Crippen LogP contribution in [-0.4, -0.2) is 57.9 Å². The number of hydrogen-bond donors (Lipinski definition) is 0. The van der Waals surface area contributed by atoms with E-state index < -0.39 is 11.2 Å². The summed E-state index contributed by atoms with van der Waals surface area (Å²) in [6.45, 7) is 3.63. The van der Waals surface area contributed by atoms with Gasteiger partial charge in [0.25, 0.3) is 0 Å². The highest BCUT2D eigenvalue weighted by atomic mass is 35.5. The molecular weight excluding hydrogens is 358 g/mol. The molecular formula is C19H28ClNO5. The second kappa shape index (κ2) is 7.62. The third kappa shape index (κ3) is 3.38. The fraction of sp³-hybridized carbons (Fsp3) is 0.632. The van der Waals surface area contributed by atoms with Gasteiger partial charge in [-0.15, -0.1) is 12.4 Å². The summed E-state index contributed by atoms with van der Waals surface area (Å²) in [5.41, 5.74) is 0.640. The molecule has 0 bridgehead atoms. The summed E-state index contributed by atoms with van der Waals surface area (Å²) in [6, 6.07) is 3.98. The lowest BCUT2D eigenvalue weighted by Gasteiger charge is -2.49. The van der Waals surface area contributed by atoms with Crippen molar-refractivity contribution in [3.8, 4) is 11.5 Å². The van der Waals surface area contributed by atoms with Gasteiger partial charge in [-0.3, -0.25) is 0 Å². The van der Waals surface area contributed by atoms with E-state index in [1.165, 1.54) is 7.11 Å². The smallest absolute Gasteiger partial charge is 0.338 e. The van der Waals surface area contributed by atoms with E-state index in [0.717, 1.165) is 37.1 Å². The van der Waals surface area contributed by atoms with Crippen molar-refractivity contribution >= 4 is 18.4 Å². The normalized spacial score (nSPS) is 24.3. The number of hydrogen-bond acceptors (Lipinski definition) is 6. The lowest BCUT2D eigenvalue weighted by atomic mass is 9.75. The summed E-state index contributed by atoms with van der Waals surface area (Å²) >= 11 is 0. The SMILES string of the molecule is COC(=O)[C@]1(C)Cc2cc(OC)c(OC)cc2C2(CCN(C)CC2)O1.Cl. The van der Waals surface area contributed by atoms with Gasteiger partial charge in [0, 0.05) is 19.5 Å². The summed E-state index contributed by atoms with van der Waals surface area (Å²) in [5, 5.41) is 0. The van der Waals surface area contributed by atoms with Crippen LogP contribution in [0.2, 0.25) is 0 Å². The Morgan fingerprint density at radius 2 is 1.69 bits per heavy atom. The fourth-order valence-electron chi connectivity index (χ4n) is 4.06. The zero-order chi connectivity index (χ0) is 18.2. The quantitative estimate of drug-likeness (QED) is 0.745. The molecule has 1 saturated heterocycles. The van der Waals surface area contributed by atoms with Crippen LogP contribution in [-0.2, 0) is 26.3 Å². The molecule has 2 aliphatic heterocycles. The van der Waals surface area contributed by atoms with Gasteiger partial charge in [0.2, 0.25) is 0 Å². The molecule has 1 aromatic rings. The number of fused-ring (bicyclic) bond motifs is 2. The molecule has 6 nitrogen and oxygen atoms in total. The number of carbonyl (C=O) groups excluding carboxylic acids is 1. The Kier molecular flexibility index (Phi) is 6.10. The molecule has 26 heavy (non-hydrogen) atoms. The lowest BCUT2D eigenvalue weighted by molar-refractivity contribution is -0.209. The Hall–Kier alpha value is -1.50. The molecule has 3 rings (SSSR count). The number of halogens is 1. The Morgan fingerprint density at radius 1 is 1.12 bits per heavy atom. The van der Waals surface area contributed by atoms with E-state index in [4.69, 9.17) is 18.9 Å². The molecule has 0 saturated carbocycles. The maximum Gasteiger partial charge on any atom is 0.338 e. The lowest BCUT2D eigenvalue weighted by Crippen LogP contribution is -2.55. The van der Waals surface area contributed by atoms with Crippen LogP contribution in [0.5, 0.6) is 11.5 Å². The summed E-state index contributed by atoms with van der Waals surface area (Å²) in [7, 11) is 6.76. The van der Waals surface area contributed by atoms with Gasteiger partial charge in [-0.2, -0.15) is 0 Å². The molecule has 0 radical (unpaired) electrons. The Bertz CT molecular complexity index is 672. The Morgan fingerprint density at radius 3 is 2.23 bits per heavy atom. The topological polar surface area (TPSA) is 57.2 Å². The van der Waals surface area contributed by atoms with Crippen molar-refractivity contribution in [1.29, 1.82) is 0 Å². The maximum atomic E-state index is 12.5. The zero-order valence-electron chi connectivity index (χ0n) is 16.1. The monoisotopic (exact) mass is 385 g/mol. The van der Waals surface area contributed by atoms with Crippen LogP contribution >= 0.6 is 12.4 Å². The molecule has 0 N–H and O–H groups in total. The van der Waals surface area contributed by atoms with E-state index in [9.17, 15) is 4.79 Å². The van der Waals surface area contributed by atoms with Crippen LogP contribution in [0.4, 0.5) is 0 Å². The molecule has 7 heteroatoms. The number of ether oxygens (including phenoxy) is 4. The summed E-state index contributed by atoms with van der Waals surface area (Å²) in [5.74, 6) is 1.01. The minimum atomic E-state index is -1.00. The molecule has 0 amide bonds. The number of methoxy groups -OCH3 is 3. The van der Waals surface area contributed by atoms with E-state index >= 15 is 0 Å². The first-order valence-corrected chi connectivity index (χ1v) is 8.60. The third-order valence-electron chi connectivity index (χ3n) is 5.46. The minimum Gasteiger partial charge on any atom is -0.493 e. The van der Waals surface area contributed by atoms with Crippen molar-refractivity contribution in [2.45, 2.75) is 37.4 Å². The fourth-order valence-corrected chi connectivity index (χ4v) is 4.06. The average Bonchev–Trinajstić information content (AvgIpc) is 2.62. The van der Waals surface area contributed by atoms with E-state index in [2.05, 4.69) is 11.9 Å². The second-order valence-corrected chi connectivity index (χ2v) is 7.16. The van der Waals surface area contributed by atoms with Gasteiger partial charge in [-0.05, 0) is 50.1 Å². The van der Waals surface area contributed by atoms with Gasteiger partial charge in [-0.1, -0.05) is 0 Å². The van der Waals surface area contributed by atoms with E-state index in [1.54, 1.807) is 14.2 Å². The van der Waals surface area contributed by atoms with Crippen molar-refractivity contribution < 1.29 is 23.7 Å². The molecule has 0 aromatic heterocycles. The largest absolute Gasteiger partial charge is 0.493 e. The second-order valence-electron chi connectivity index (χ2n) is 7.16. The number of likely N-dealkylation sites (tertiary alicyclic amines) is 1.